The van der Waals surface area contributed by atoms with E-state index in [1.165, 1.54) is 29.8 Å². The Hall–Kier alpha value is -4.05. The molecule has 0 spiro atoms. The van der Waals surface area contributed by atoms with Gasteiger partial charge < -0.3 is 14.4 Å². The number of rotatable bonds is 5. The number of methoxy groups -OCH3 is 1. The highest BCUT2D eigenvalue weighted by atomic mass is 32.2. The van der Waals surface area contributed by atoms with E-state index in [1.54, 1.807) is 49.9 Å². The van der Waals surface area contributed by atoms with Gasteiger partial charge in [0, 0.05) is 32.1 Å². The first-order valence-corrected chi connectivity index (χ1v) is 15.2. The second-order valence-electron chi connectivity index (χ2n) is 12.0. The van der Waals surface area contributed by atoms with E-state index in [0.29, 0.717) is 52.2 Å². The van der Waals surface area contributed by atoms with Crippen molar-refractivity contribution >= 4 is 45.9 Å². The number of thioether (sulfide) groups is 1. The van der Waals surface area contributed by atoms with Gasteiger partial charge in [-0.15, -0.1) is 0 Å². The number of hydrogen-bond donors (Lipinski definition) is 0. The summed E-state index contributed by atoms with van der Waals surface area (Å²) in [6.07, 6.45) is -7.30. The summed E-state index contributed by atoms with van der Waals surface area (Å²) in [5, 5.41) is 5.20. The molecule has 16 heteroatoms. The molecule has 3 heterocycles. The number of ether oxygens (including phenoxy) is 2. The maximum absolute atomic E-state index is 13.7. The minimum Gasteiger partial charge on any atom is -0.444 e. The standard InChI is InChI=1S/C31H31F6N5O4S/c1-29(2,3)46-28(44)41-10-9-40(16-22(41)17-45-4)27-39-26(43)25(47-27)12-18-5-8-24-20(11-18)14-38-42(24)15-19-6-7-21(30(32,33)34)13-23(19)31(35,36)37/h5-8,11-14,22H,9-10,15-17H2,1-4H3/t22-/m1/s1. The van der Waals surface area contributed by atoms with Gasteiger partial charge in [0.1, 0.15) is 5.60 Å². The third kappa shape index (κ3) is 7.92. The van der Waals surface area contributed by atoms with Crippen LogP contribution in [-0.4, -0.2) is 81.7 Å². The molecule has 252 valence electrons. The molecule has 0 unspecified atom stereocenters. The number of piperazine rings is 1. The van der Waals surface area contributed by atoms with E-state index in [1.807, 2.05) is 4.90 Å². The molecule has 1 fully saturated rings. The quantitative estimate of drug-likeness (QED) is 0.220. The fraction of sp³-hybridized carbons (Fsp3) is 0.419. The molecule has 2 amide bonds. The molecule has 0 saturated carbocycles. The van der Waals surface area contributed by atoms with Crippen LogP contribution in [0.4, 0.5) is 31.1 Å². The van der Waals surface area contributed by atoms with E-state index < -0.39 is 47.6 Å². The van der Waals surface area contributed by atoms with E-state index in [0.717, 1.165) is 6.07 Å². The third-order valence-electron chi connectivity index (χ3n) is 7.38. The molecule has 1 atom stereocenters. The fourth-order valence-corrected chi connectivity index (χ4v) is 6.19. The summed E-state index contributed by atoms with van der Waals surface area (Å²) >= 11 is 1.18. The van der Waals surface area contributed by atoms with Gasteiger partial charge in [0.05, 0.1) is 46.9 Å². The van der Waals surface area contributed by atoms with E-state index in [9.17, 15) is 35.9 Å². The van der Waals surface area contributed by atoms with Crippen molar-refractivity contribution < 1.29 is 45.4 Å². The number of halogens is 6. The van der Waals surface area contributed by atoms with Crippen molar-refractivity contribution in [3.8, 4) is 0 Å². The van der Waals surface area contributed by atoms with Crippen molar-refractivity contribution in [2.45, 2.75) is 51.3 Å². The van der Waals surface area contributed by atoms with Crippen LogP contribution < -0.4 is 0 Å². The van der Waals surface area contributed by atoms with Gasteiger partial charge in [-0.1, -0.05) is 12.1 Å². The molecule has 9 nitrogen and oxygen atoms in total. The molecule has 1 saturated heterocycles. The van der Waals surface area contributed by atoms with E-state index in [-0.39, 0.29) is 24.3 Å². The maximum Gasteiger partial charge on any atom is 0.416 e. The van der Waals surface area contributed by atoms with E-state index in [4.69, 9.17) is 9.47 Å². The molecule has 0 aliphatic carbocycles. The fourth-order valence-electron chi connectivity index (χ4n) is 5.25. The summed E-state index contributed by atoms with van der Waals surface area (Å²) in [4.78, 5) is 33.7. The molecule has 0 N–H and O–H groups in total. The van der Waals surface area contributed by atoms with Crippen LogP contribution in [0.3, 0.4) is 0 Å². The number of alkyl halides is 6. The zero-order chi connectivity index (χ0) is 34.3. The molecule has 0 bridgehead atoms. The lowest BCUT2D eigenvalue weighted by Crippen LogP contribution is -2.58. The normalized spacial score (nSPS) is 18.8. The summed E-state index contributed by atoms with van der Waals surface area (Å²) in [6.45, 7) is 6.35. The summed E-state index contributed by atoms with van der Waals surface area (Å²) in [5.41, 5.74) is -2.73. The Kier molecular flexibility index (Phi) is 9.38. The maximum atomic E-state index is 13.7. The monoisotopic (exact) mass is 683 g/mol. The van der Waals surface area contributed by atoms with Crippen LogP contribution in [0, 0.1) is 0 Å². The molecule has 47 heavy (non-hydrogen) atoms. The number of amidine groups is 1. The first-order valence-electron chi connectivity index (χ1n) is 14.4. The zero-order valence-electron chi connectivity index (χ0n) is 25.8. The van der Waals surface area contributed by atoms with E-state index in [2.05, 4.69) is 10.1 Å². The molecular formula is C31H31F6N5O4S. The summed E-state index contributed by atoms with van der Waals surface area (Å²) < 4.78 is 92.4. The number of nitrogens with zero attached hydrogens (tertiary/aromatic N) is 5. The molecule has 1 aromatic heterocycles. The Morgan fingerprint density at radius 2 is 1.79 bits per heavy atom. The van der Waals surface area contributed by atoms with Gasteiger partial charge >= 0.3 is 18.4 Å². The van der Waals surface area contributed by atoms with Crippen molar-refractivity contribution in [1.82, 2.24) is 19.6 Å². The zero-order valence-corrected chi connectivity index (χ0v) is 26.6. The summed E-state index contributed by atoms with van der Waals surface area (Å²) in [5.74, 6) is -0.444. The third-order valence-corrected chi connectivity index (χ3v) is 8.42. The molecular weight excluding hydrogens is 652 g/mol. The highest BCUT2D eigenvalue weighted by Crippen LogP contribution is 2.38. The molecule has 0 radical (unpaired) electrons. The smallest absolute Gasteiger partial charge is 0.416 e. The van der Waals surface area contributed by atoms with Crippen molar-refractivity contribution in [3.63, 3.8) is 0 Å². The van der Waals surface area contributed by atoms with Crippen LogP contribution in [0.5, 0.6) is 0 Å². The molecule has 2 aromatic carbocycles. The average Bonchev–Trinajstić information content (AvgIpc) is 3.53. The minimum absolute atomic E-state index is 0.108. The SMILES string of the molecule is COC[C@H]1CN(C2=NC(=O)C(=Cc3ccc4c(cnn4Cc4ccc(C(F)(F)F)cc4C(F)(F)F)c3)S2)CCN1C(=O)OC(C)(C)C. The number of fused-ring (bicyclic) bond motifs is 1. The largest absolute Gasteiger partial charge is 0.444 e. The van der Waals surface area contributed by atoms with Gasteiger partial charge in [0.15, 0.2) is 5.17 Å². The number of hydrogen-bond acceptors (Lipinski definition) is 7. The first kappa shape index (κ1) is 34.3. The van der Waals surface area contributed by atoms with E-state index >= 15 is 0 Å². The highest BCUT2D eigenvalue weighted by Gasteiger charge is 2.39. The number of aromatic nitrogens is 2. The Morgan fingerprint density at radius 3 is 2.45 bits per heavy atom. The lowest BCUT2D eigenvalue weighted by Gasteiger charge is -2.41. The average molecular weight is 684 g/mol. The Bertz CT molecular complexity index is 1740. The molecule has 2 aliphatic rings. The number of carbonyl (C=O) groups is 2. The van der Waals surface area contributed by atoms with Crippen LogP contribution in [-0.2, 0) is 33.2 Å². The van der Waals surface area contributed by atoms with Gasteiger partial charge in [-0.25, -0.2) is 4.79 Å². The van der Waals surface area contributed by atoms with Crippen molar-refractivity contribution in [1.29, 1.82) is 0 Å². The molecule has 2 aliphatic heterocycles. The van der Waals surface area contributed by atoms with Crippen LogP contribution in [0.15, 0.2) is 52.5 Å². The second-order valence-corrected chi connectivity index (χ2v) is 13.0. The Morgan fingerprint density at radius 1 is 1.04 bits per heavy atom. The number of benzene rings is 2. The van der Waals surface area contributed by atoms with Gasteiger partial charge in [-0.2, -0.15) is 36.4 Å². The lowest BCUT2D eigenvalue weighted by atomic mass is 10.0. The van der Waals surface area contributed by atoms with Crippen molar-refractivity contribution in [2.24, 2.45) is 4.99 Å². The van der Waals surface area contributed by atoms with Crippen molar-refractivity contribution in [3.05, 3.63) is 69.8 Å². The number of carbonyl (C=O) groups excluding carboxylic acids is 2. The topological polar surface area (TPSA) is 89.3 Å². The van der Waals surface area contributed by atoms with Crippen LogP contribution >= 0.6 is 11.8 Å². The first-order chi connectivity index (χ1) is 21.9. The van der Waals surface area contributed by atoms with Crippen LogP contribution in [0.2, 0.25) is 0 Å². The second kappa shape index (κ2) is 12.9. The number of amides is 2. The predicted molar refractivity (Wildman–Crippen MR) is 163 cm³/mol. The summed E-state index contributed by atoms with van der Waals surface area (Å²) in [7, 11) is 1.54. The molecule has 3 aromatic rings. The lowest BCUT2D eigenvalue weighted by molar-refractivity contribution is -0.143. The van der Waals surface area contributed by atoms with Crippen LogP contribution in [0.25, 0.3) is 17.0 Å². The van der Waals surface area contributed by atoms with Gasteiger partial charge in [0.25, 0.3) is 5.91 Å². The van der Waals surface area contributed by atoms with Gasteiger partial charge in [0.2, 0.25) is 0 Å². The highest BCUT2D eigenvalue weighted by molar-refractivity contribution is 8.18. The number of aliphatic imine (C=N–C) groups is 1. The van der Waals surface area contributed by atoms with Crippen molar-refractivity contribution in [2.75, 3.05) is 33.4 Å². The minimum atomic E-state index is -5.00. The Balaban J connectivity index is 1.30. The van der Waals surface area contributed by atoms with Gasteiger partial charge in [-0.05, 0) is 74.0 Å². The Labute approximate surface area is 270 Å². The molecule has 5 rings (SSSR count). The summed E-state index contributed by atoms with van der Waals surface area (Å²) in [6, 6.07) is 6.18. The van der Waals surface area contributed by atoms with Crippen LogP contribution in [0.1, 0.15) is 43.0 Å². The van der Waals surface area contributed by atoms with Gasteiger partial charge in [-0.3, -0.25) is 14.4 Å². The predicted octanol–water partition coefficient (Wildman–Crippen LogP) is 6.66.